The molecule has 84 valence electrons. The van der Waals surface area contributed by atoms with Crippen LogP contribution >= 0.6 is 25.3 Å². The molecule has 0 saturated carbocycles. The second kappa shape index (κ2) is 12.9. The predicted molar refractivity (Wildman–Crippen MR) is 59.4 cm³/mol. The van der Waals surface area contributed by atoms with E-state index in [2.05, 4.69) is 25.3 Å². The summed E-state index contributed by atoms with van der Waals surface area (Å²) in [6.07, 6.45) is 0. The quantitative estimate of drug-likeness (QED) is 0.304. The van der Waals surface area contributed by atoms with Crippen LogP contribution in [-0.2, 0) is 9.59 Å². The van der Waals surface area contributed by atoms with Gasteiger partial charge in [0, 0.05) is 11.5 Å². The van der Waals surface area contributed by atoms with Crippen molar-refractivity contribution in [1.29, 1.82) is 0 Å². The molecule has 0 aromatic carbocycles. The maximum absolute atomic E-state index is 9.65. The van der Waals surface area contributed by atoms with Crippen LogP contribution in [0.4, 0.5) is 0 Å². The first-order chi connectivity index (χ1) is 6.36. The van der Waals surface area contributed by atoms with E-state index >= 15 is 0 Å². The summed E-state index contributed by atoms with van der Waals surface area (Å²) in [5.41, 5.74) is 9.75. The van der Waals surface area contributed by atoms with Crippen molar-refractivity contribution in [2.45, 2.75) is 12.1 Å². The Morgan fingerprint density at radius 3 is 1.20 bits per heavy atom. The predicted octanol–water partition coefficient (Wildman–Crippen LogP) is -4.39. The van der Waals surface area contributed by atoms with Crippen molar-refractivity contribution in [3.8, 4) is 0 Å². The normalized spacial score (nSPS) is 12.5. The molecular formula is C6H12CaN2O4S2. The molecule has 2 unspecified atom stereocenters. The van der Waals surface area contributed by atoms with Crippen LogP contribution in [0, 0.1) is 0 Å². The van der Waals surface area contributed by atoms with E-state index in [9.17, 15) is 19.8 Å². The molecule has 4 N–H and O–H groups in total. The van der Waals surface area contributed by atoms with Gasteiger partial charge in [-0.05, 0) is 0 Å². The molecule has 0 aliphatic carbocycles. The number of carboxylic acids is 2. The van der Waals surface area contributed by atoms with E-state index < -0.39 is 24.0 Å². The Kier molecular flexibility index (Phi) is 18.2. The Morgan fingerprint density at radius 2 is 1.20 bits per heavy atom. The van der Waals surface area contributed by atoms with Crippen LogP contribution in [0.1, 0.15) is 0 Å². The van der Waals surface area contributed by atoms with Gasteiger partial charge in [-0.25, -0.2) is 0 Å². The van der Waals surface area contributed by atoms with Gasteiger partial charge in [0.2, 0.25) is 0 Å². The zero-order valence-electron chi connectivity index (χ0n) is 7.96. The molecule has 0 aliphatic rings. The minimum atomic E-state index is -1.25. The van der Waals surface area contributed by atoms with Gasteiger partial charge in [-0.1, -0.05) is 0 Å². The number of hydrogen-bond acceptors (Lipinski definition) is 8. The van der Waals surface area contributed by atoms with Crippen LogP contribution in [0.2, 0.25) is 0 Å². The van der Waals surface area contributed by atoms with Crippen molar-refractivity contribution in [1.82, 2.24) is 0 Å². The van der Waals surface area contributed by atoms with E-state index in [1.807, 2.05) is 0 Å². The van der Waals surface area contributed by atoms with Gasteiger partial charge in [-0.15, -0.1) is 0 Å². The third-order valence-electron chi connectivity index (χ3n) is 0.999. The maximum Gasteiger partial charge on any atom is 2.00 e. The van der Waals surface area contributed by atoms with Gasteiger partial charge < -0.3 is 31.3 Å². The summed E-state index contributed by atoms with van der Waals surface area (Å²) in [6.45, 7) is 0. The Bertz CT molecular complexity index is 176. The maximum atomic E-state index is 9.65. The van der Waals surface area contributed by atoms with Gasteiger partial charge >= 0.3 is 37.7 Å². The largest absolute Gasteiger partial charge is 2.00 e. The molecule has 0 aromatic rings. The number of aliphatic carboxylic acids is 2. The van der Waals surface area contributed by atoms with Gasteiger partial charge in [0.25, 0.3) is 0 Å². The zero-order valence-corrected chi connectivity index (χ0v) is 12.0. The van der Waals surface area contributed by atoms with Crippen LogP contribution in [0.3, 0.4) is 0 Å². The monoisotopic (exact) mass is 280 g/mol. The first-order valence-corrected chi connectivity index (χ1v) is 4.77. The van der Waals surface area contributed by atoms with Gasteiger partial charge in [0.15, 0.2) is 0 Å². The van der Waals surface area contributed by atoms with E-state index in [0.717, 1.165) is 0 Å². The van der Waals surface area contributed by atoms with E-state index in [-0.39, 0.29) is 49.2 Å². The summed E-state index contributed by atoms with van der Waals surface area (Å²) in [7, 11) is 0. The first-order valence-electron chi connectivity index (χ1n) is 3.51. The number of carbonyl (C=O) groups is 2. The Hall–Kier alpha value is 0.820. The van der Waals surface area contributed by atoms with Gasteiger partial charge in [-0.3, -0.25) is 0 Å². The summed E-state index contributed by atoms with van der Waals surface area (Å²) in [5.74, 6) is -2.25. The summed E-state index contributed by atoms with van der Waals surface area (Å²) in [4.78, 5) is 19.3. The molecule has 0 saturated heterocycles. The van der Waals surface area contributed by atoms with Gasteiger partial charge in [0.05, 0.1) is 24.0 Å². The molecule has 6 nitrogen and oxygen atoms in total. The van der Waals surface area contributed by atoms with Crippen molar-refractivity contribution in [3.63, 3.8) is 0 Å². The molecule has 0 aliphatic heterocycles. The molecule has 0 aromatic heterocycles. The molecule has 0 amide bonds. The molecule has 0 rings (SSSR count). The van der Waals surface area contributed by atoms with E-state index in [1.165, 1.54) is 0 Å². The number of carboxylic acid groups (broad SMARTS) is 2. The van der Waals surface area contributed by atoms with Crippen molar-refractivity contribution in [2.75, 3.05) is 11.5 Å². The average Bonchev–Trinajstić information content (AvgIpc) is 2.15. The molecule has 0 heterocycles. The van der Waals surface area contributed by atoms with E-state index in [1.54, 1.807) is 0 Å². The number of thiol groups is 2. The van der Waals surface area contributed by atoms with Gasteiger partial charge in [-0.2, -0.15) is 25.3 Å². The van der Waals surface area contributed by atoms with Crippen molar-refractivity contribution in [3.05, 3.63) is 0 Å². The molecule has 2 atom stereocenters. The third-order valence-corrected chi connectivity index (χ3v) is 1.79. The fourth-order valence-corrected chi connectivity index (χ4v) is 0.447. The van der Waals surface area contributed by atoms with E-state index in [4.69, 9.17) is 11.5 Å². The van der Waals surface area contributed by atoms with Crippen LogP contribution in [0.25, 0.3) is 0 Å². The van der Waals surface area contributed by atoms with Crippen LogP contribution in [0.5, 0.6) is 0 Å². The minimum absolute atomic E-state index is 0. The SMILES string of the molecule is NC(CS)C(=O)[O-].NC(CS)C(=O)[O-].[Ca+2]. The fraction of sp³-hybridized carbons (Fsp3) is 0.667. The summed E-state index contributed by atoms with van der Waals surface area (Å²) in [6, 6.07) is -1.85. The molecule has 15 heavy (non-hydrogen) atoms. The molecular weight excluding hydrogens is 268 g/mol. The molecule has 0 fully saturated rings. The Balaban J connectivity index is -0.000000180. The molecule has 0 radical (unpaired) electrons. The molecule has 0 spiro atoms. The van der Waals surface area contributed by atoms with Gasteiger partial charge in [0.1, 0.15) is 0 Å². The van der Waals surface area contributed by atoms with Crippen LogP contribution in [0.15, 0.2) is 0 Å². The summed E-state index contributed by atoms with van der Waals surface area (Å²) >= 11 is 7.22. The standard InChI is InChI=1S/2C3H7NO2S.Ca/c2*4-2(1-7)3(5)6;/h2*2,7H,1,4H2,(H,5,6);/q;;+2/p-2. The van der Waals surface area contributed by atoms with Crippen molar-refractivity contribution in [2.24, 2.45) is 11.5 Å². The van der Waals surface area contributed by atoms with Crippen LogP contribution < -0.4 is 21.7 Å². The number of carbonyl (C=O) groups excluding carboxylic acids is 2. The smallest absolute Gasteiger partial charge is 0.548 e. The first kappa shape index (κ1) is 21.1. The topological polar surface area (TPSA) is 132 Å². The van der Waals surface area contributed by atoms with Crippen molar-refractivity contribution >= 4 is 74.9 Å². The van der Waals surface area contributed by atoms with E-state index in [0.29, 0.717) is 0 Å². The minimum Gasteiger partial charge on any atom is -0.548 e. The third kappa shape index (κ3) is 14.8. The zero-order chi connectivity index (χ0) is 11.7. The van der Waals surface area contributed by atoms with Crippen LogP contribution in [-0.4, -0.2) is 73.3 Å². The number of hydrogen-bond donors (Lipinski definition) is 4. The number of nitrogens with two attached hydrogens (primary N) is 2. The number of rotatable bonds is 4. The summed E-state index contributed by atoms with van der Waals surface area (Å²) in [5, 5.41) is 19.3. The summed E-state index contributed by atoms with van der Waals surface area (Å²) < 4.78 is 0. The average molecular weight is 280 g/mol. The second-order valence-corrected chi connectivity index (χ2v) is 2.95. The molecule has 0 bridgehead atoms. The Labute approximate surface area is 129 Å². The molecule has 9 heteroatoms. The fourth-order valence-electron chi connectivity index (χ4n) is 0.149. The Morgan fingerprint density at radius 1 is 1.00 bits per heavy atom. The van der Waals surface area contributed by atoms with Crippen molar-refractivity contribution < 1.29 is 19.8 Å². The second-order valence-electron chi connectivity index (χ2n) is 2.22.